The van der Waals surface area contributed by atoms with Gasteiger partial charge in [0, 0.05) is 24.3 Å². The fourth-order valence-corrected chi connectivity index (χ4v) is 1.74. The van der Waals surface area contributed by atoms with Crippen molar-refractivity contribution in [2.75, 3.05) is 5.73 Å². The van der Waals surface area contributed by atoms with Gasteiger partial charge >= 0.3 is 0 Å². The van der Waals surface area contributed by atoms with Crippen LogP contribution in [0.2, 0.25) is 0 Å². The molecule has 0 aliphatic carbocycles. The molecule has 0 unspecified atom stereocenters. The van der Waals surface area contributed by atoms with E-state index in [9.17, 15) is 0 Å². The number of pyridine rings is 1. The van der Waals surface area contributed by atoms with Crippen LogP contribution in [0.1, 0.15) is 0 Å². The Kier molecular flexibility index (Phi) is 2.33. The fourth-order valence-electron chi connectivity index (χ4n) is 1.74. The van der Waals surface area contributed by atoms with Crippen LogP contribution in [-0.2, 0) is 7.05 Å². The lowest BCUT2D eigenvalue weighted by Crippen LogP contribution is -1.97. The van der Waals surface area contributed by atoms with Gasteiger partial charge in [-0.3, -0.25) is 4.98 Å². The number of nitrogens with zero attached hydrogens (tertiary/aromatic N) is 4. The zero-order chi connectivity index (χ0) is 12.5. The van der Waals surface area contributed by atoms with E-state index in [1.54, 1.807) is 36.3 Å². The Balaban J connectivity index is 2.13. The summed E-state index contributed by atoms with van der Waals surface area (Å²) in [5.41, 5.74) is 7.30. The number of fused-ring (bicyclic) bond motifs is 1. The average molecular weight is 241 g/mol. The second-order valence-corrected chi connectivity index (χ2v) is 3.85. The summed E-state index contributed by atoms with van der Waals surface area (Å²) in [6.07, 6.45) is 3.25. The van der Waals surface area contributed by atoms with Crippen molar-refractivity contribution >= 4 is 16.6 Å². The molecule has 6 nitrogen and oxygen atoms in total. The molecule has 0 atom stereocenters. The van der Waals surface area contributed by atoms with Gasteiger partial charge in [-0.05, 0) is 24.3 Å². The Labute approximate surface area is 103 Å². The van der Waals surface area contributed by atoms with Crippen molar-refractivity contribution in [3.63, 3.8) is 0 Å². The number of aryl methyl sites for hydroxylation is 1. The van der Waals surface area contributed by atoms with Crippen LogP contribution in [0.15, 0.2) is 36.7 Å². The van der Waals surface area contributed by atoms with E-state index in [1.165, 1.54) is 0 Å². The van der Waals surface area contributed by atoms with E-state index in [-0.39, 0.29) is 0 Å². The Hall–Kier alpha value is -2.63. The molecule has 2 N–H and O–H groups in total. The third-order valence-corrected chi connectivity index (χ3v) is 2.65. The van der Waals surface area contributed by atoms with Gasteiger partial charge in [0.25, 0.3) is 0 Å². The summed E-state index contributed by atoms with van der Waals surface area (Å²) in [7, 11) is 1.76. The molecule has 3 aromatic rings. The number of rotatable bonds is 2. The monoisotopic (exact) mass is 241 g/mol. The molecular formula is C12H11N5O. The summed E-state index contributed by atoms with van der Waals surface area (Å²) in [6.45, 7) is 0. The number of anilines is 1. The number of hydrogen-bond acceptors (Lipinski definition) is 5. The Morgan fingerprint density at radius 2 is 2.17 bits per heavy atom. The maximum atomic E-state index is 5.90. The molecule has 0 aliphatic rings. The molecule has 6 heteroatoms. The van der Waals surface area contributed by atoms with E-state index in [0.29, 0.717) is 17.3 Å². The Morgan fingerprint density at radius 1 is 1.28 bits per heavy atom. The summed E-state index contributed by atoms with van der Waals surface area (Å²) in [6, 6.07) is 7.33. The van der Waals surface area contributed by atoms with Crippen molar-refractivity contribution in [1.82, 2.24) is 20.0 Å². The first kappa shape index (κ1) is 10.5. The molecule has 0 saturated carbocycles. The van der Waals surface area contributed by atoms with E-state index in [0.717, 1.165) is 10.9 Å². The number of nitrogen functional groups attached to an aromatic ring is 1. The molecule has 0 spiro atoms. The zero-order valence-corrected chi connectivity index (χ0v) is 9.74. The van der Waals surface area contributed by atoms with Crippen LogP contribution < -0.4 is 10.5 Å². The predicted octanol–water partition coefficient (Wildman–Crippen LogP) is 1.74. The highest BCUT2D eigenvalue weighted by Crippen LogP contribution is 2.30. The normalized spacial score (nSPS) is 10.7. The molecule has 2 heterocycles. The second kappa shape index (κ2) is 3.99. The third kappa shape index (κ3) is 1.64. The van der Waals surface area contributed by atoms with Crippen LogP contribution in [0.4, 0.5) is 5.69 Å². The van der Waals surface area contributed by atoms with Crippen LogP contribution >= 0.6 is 0 Å². The van der Waals surface area contributed by atoms with Gasteiger partial charge in [0.15, 0.2) is 5.75 Å². The molecule has 0 bridgehead atoms. The first-order chi connectivity index (χ1) is 8.75. The van der Waals surface area contributed by atoms with E-state index in [4.69, 9.17) is 10.5 Å². The number of ether oxygens (including phenoxy) is 1. The fraction of sp³-hybridized carbons (Fsp3) is 0.0833. The first-order valence-electron chi connectivity index (χ1n) is 5.41. The lowest BCUT2D eigenvalue weighted by Gasteiger charge is -2.08. The van der Waals surface area contributed by atoms with Gasteiger partial charge in [-0.25, -0.2) is 4.68 Å². The summed E-state index contributed by atoms with van der Waals surface area (Å²) >= 11 is 0. The number of aromatic nitrogens is 4. The molecular weight excluding hydrogens is 230 g/mol. The molecule has 0 aliphatic heterocycles. The Morgan fingerprint density at radius 3 is 2.94 bits per heavy atom. The van der Waals surface area contributed by atoms with Gasteiger partial charge in [-0.1, -0.05) is 5.21 Å². The van der Waals surface area contributed by atoms with E-state index >= 15 is 0 Å². The zero-order valence-electron chi connectivity index (χ0n) is 9.74. The van der Waals surface area contributed by atoms with Crippen molar-refractivity contribution < 1.29 is 4.74 Å². The van der Waals surface area contributed by atoms with Crippen LogP contribution in [-0.4, -0.2) is 20.0 Å². The van der Waals surface area contributed by atoms with Gasteiger partial charge in [0.2, 0.25) is 5.88 Å². The molecule has 0 radical (unpaired) electrons. The maximum absolute atomic E-state index is 5.90. The minimum Gasteiger partial charge on any atom is -0.435 e. The minimum atomic E-state index is 0.548. The number of hydrogen-bond donors (Lipinski definition) is 1. The second-order valence-electron chi connectivity index (χ2n) is 3.85. The van der Waals surface area contributed by atoms with Crippen LogP contribution in [0.25, 0.3) is 10.9 Å². The molecule has 3 rings (SSSR count). The van der Waals surface area contributed by atoms with Gasteiger partial charge in [0.05, 0.1) is 0 Å². The lowest BCUT2D eigenvalue weighted by atomic mass is 10.2. The van der Waals surface area contributed by atoms with Crippen molar-refractivity contribution in [3.8, 4) is 11.6 Å². The molecule has 2 aromatic heterocycles. The SMILES string of the molecule is Cn1nncc1Oc1ccc(N)c2cccnc12. The van der Waals surface area contributed by atoms with E-state index in [1.807, 2.05) is 12.1 Å². The highest BCUT2D eigenvalue weighted by molar-refractivity contribution is 5.94. The highest BCUT2D eigenvalue weighted by Gasteiger charge is 2.09. The first-order valence-corrected chi connectivity index (χ1v) is 5.41. The molecule has 1 aromatic carbocycles. The summed E-state index contributed by atoms with van der Waals surface area (Å²) < 4.78 is 7.28. The average Bonchev–Trinajstić information content (AvgIpc) is 2.79. The van der Waals surface area contributed by atoms with Crippen molar-refractivity contribution in [3.05, 3.63) is 36.7 Å². The largest absolute Gasteiger partial charge is 0.435 e. The van der Waals surface area contributed by atoms with Crippen molar-refractivity contribution in [1.29, 1.82) is 0 Å². The molecule has 0 fully saturated rings. The smallest absolute Gasteiger partial charge is 0.237 e. The van der Waals surface area contributed by atoms with E-state index in [2.05, 4.69) is 15.3 Å². The van der Waals surface area contributed by atoms with Gasteiger partial charge in [-0.15, -0.1) is 5.10 Å². The summed E-state index contributed by atoms with van der Waals surface area (Å²) in [5, 5.41) is 8.43. The van der Waals surface area contributed by atoms with Crippen LogP contribution in [0, 0.1) is 0 Å². The lowest BCUT2D eigenvalue weighted by molar-refractivity contribution is 0.433. The topological polar surface area (TPSA) is 78.8 Å². The highest BCUT2D eigenvalue weighted by atomic mass is 16.5. The standard InChI is InChI=1S/C12H11N5O/c1-17-11(7-15-16-17)18-10-5-4-9(13)8-3-2-6-14-12(8)10/h2-7H,13H2,1H3. The Bertz CT molecular complexity index is 707. The predicted molar refractivity (Wildman–Crippen MR) is 67.2 cm³/mol. The summed E-state index contributed by atoms with van der Waals surface area (Å²) in [5.74, 6) is 1.18. The molecule has 0 amide bonds. The van der Waals surface area contributed by atoms with Crippen molar-refractivity contribution in [2.24, 2.45) is 7.05 Å². The molecule has 18 heavy (non-hydrogen) atoms. The van der Waals surface area contributed by atoms with Gasteiger partial charge in [0.1, 0.15) is 11.7 Å². The quantitative estimate of drug-likeness (QED) is 0.691. The van der Waals surface area contributed by atoms with Crippen LogP contribution in [0.5, 0.6) is 11.6 Å². The number of nitrogens with two attached hydrogens (primary N) is 1. The van der Waals surface area contributed by atoms with Crippen molar-refractivity contribution in [2.45, 2.75) is 0 Å². The summed E-state index contributed by atoms with van der Waals surface area (Å²) in [4.78, 5) is 4.30. The third-order valence-electron chi connectivity index (χ3n) is 2.65. The number of benzene rings is 1. The van der Waals surface area contributed by atoms with Gasteiger partial charge in [-0.2, -0.15) is 0 Å². The molecule has 0 saturated heterocycles. The molecule has 90 valence electrons. The minimum absolute atomic E-state index is 0.548. The van der Waals surface area contributed by atoms with Crippen LogP contribution in [0.3, 0.4) is 0 Å². The van der Waals surface area contributed by atoms with E-state index < -0.39 is 0 Å². The maximum Gasteiger partial charge on any atom is 0.237 e. The van der Waals surface area contributed by atoms with Gasteiger partial charge < -0.3 is 10.5 Å².